The van der Waals surface area contributed by atoms with Gasteiger partial charge in [0, 0.05) is 0 Å². The standard InChI is InChI=1S/C24H28O4/c1-15(28-22(27)18-9-7-6-8-17(18)21(25)26)16-10-11-19-20(14-16)24(4,5)13-12-23(19,2)3/h6-11,14-15H,12-13H2,1-5H3,(H,25,26). The predicted octanol–water partition coefficient (Wildman–Crippen LogP) is 5.65. The van der Waals surface area contributed by atoms with Crippen LogP contribution in [0.15, 0.2) is 42.5 Å². The number of fused-ring (bicyclic) bond motifs is 1. The van der Waals surface area contributed by atoms with Crippen molar-refractivity contribution in [2.75, 3.05) is 0 Å². The maximum atomic E-state index is 12.6. The Morgan fingerprint density at radius 3 is 2.11 bits per heavy atom. The normalized spacial score (nSPS) is 18.0. The van der Waals surface area contributed by atoms with Crippen LogP contribution in [0.4, 0.5) is 0 Å². The van der Waals surface area contributed by atoms with Crippen LogP contribution in [-0.2, 0) is 15.6 Å². The van der Waals surface area contributed by atoms with Crippen molar-refractivity contribution in [1.29, 1.82) is 0 Å². The summed E-state index contributed by atoms with van der Waals surface area (Å²) in [5, 5.41) is 9.30. The maximum Gasteiger partial charge on any atom is 0.339 e. The Morgan fingerprint density at radius 2 is 1.50 bits per heavy atom. The summed E-state index contributed by atoms with van der Waals surface area (Å²) in [5.74, 6) is -1.76. The smallest absolute Gasteiger partial charge is 0.339 e. The Kier molecular flexibility index (Phi) is 5.09. The first-order chi connectivity index (χ1) is 13.0. The third kappa shape index (κ3) is 3.68. The lowest BCUT2D eigenvalue weighted by Gasteiger charge is -2.42. The number of ether oxygens (including phenoxy) is 1. The van der Waals surface area contributed by atoms with Gasteiger partial charge in [0.15, 0.2) is 0 Å². The number of hydrogen-bond acceptors (Lipinski definition) is 3. The highest BCUT2D eigenvalue weighted by atomic mass is 16.5. The van der Waals surface area contributed by atoms with Gasteiger partial charge in [-0.3, -0.25) is 0 Å². The van der Waals surface area contributed by atoms with E-state index in [1.54, 1.807) is 12.1 Å². The molecule has 1 atom stereocenters. The summed E-state index contributed by atoms with van der Waals surface area (Å²) in [4.78, 5) is 24.0. The molecule has 1 aliphatic rings. The van der Waals surface area contributed by atoms with Crippen molar-refractivity contribution in [3.05, 3.63) is 70.3 Å². The Balaban J connectivity index is 1.89. The molecule has 0 spiro atoms. The SMILES string of the molecule is CC(OC(=O)c1ccccc1C(=O)O)c1ccc2c(c1)C(C)(C)CCC2(C)C. The number of aromatic carboxylic acids is 1. The zero-order valence-corrected chi connectivity index (χ0v) is 17.2. The van der Waals surface area contributed by atoms with Gasteiger partial charge < -0.3 is 9.84 Å². The Bertz CT molecular complexity index is 924. The van der Waals surface area contributed by atoms with E-state index in [1.807, 2.05) is 13.0 Å². The van der Waals surface area contributed by atoms with Crippen molar-refractivity contribution in [2.45, 2.75) is 64.4 Å². The molecule has 4 nitrogen and oxygen atoms in total. The van der Waals surface area contributed by atoms with Gasteiger partial charge in [0.1, 0.15) is 6.10 Å². The van der Waals surface area contributed by atoms with Gasteiger partial charge in [-0.15, -0.1) is 0 Å². The Morgan fingerprint density at radius 1 is 0.929 bits per heavy atom. The minimum Gasteiger partial charge on any atom is -0.478 e. The van der Waals surface area contributed by atoms with Gasteiger partial charge >= 0.3 is 11.9 Å². The largest absolute Gasteiger partial charge is 0.478 e. The summed E-state index contributed by atoms with van der Waals surface area (Å²) in [6.07, 6.45) is 1.78. The lowest BCUT2D eigenvalue weighted by atomic mass is 9.63. The summed E-state index contributed by atoms with van der Waals surface area (Å²) in [7, 11) is 0. The molecule has 0 amide bonds. The van der Waals surface area contributed by atoms with Crippen LogP contribution in [0, 0.1) is 0 Å². The lowest BCUT2D eigenvalue weighted by Crippen LogP contribution is -2.34. The average Bonchev–Trinajstić information content (AvgIpc) is 2.65. The molecule has 0 fully saturated rings. The fourth-order valence-electron chi connectivity index (χ4n) is 4.00. The second-order valence-electron chi connectivity index (χ2n) is 8.97. The van der Waals surface area contributed by atoms with Gasteiger partial charge in [-0.1, -0.05) is 58.0 Å². The molecule has 0 aliphatic heterocycles. The van der Waals surface area contributed by atoms with Crippen molar-refractivity contribution in [3.8, 4) is 0 Å². The molecule has 1 aliphatic carbocycles. The van der Waals surface area contributed by atoms with Crippen LogP contribution in [0.3, 0.4) is 0 Å². The van der Waals surface area contributed by atoms with Crippen LogP contribution >= 0.6 is 0 Å². The molecular formula is C24H28O4. The van der Waals surface area contributed by atoms with Gasteiger partial charge in [0.05, 0.1) is 11.1 Å². The van der Waals surface area contributed by atoms with Crippen LogP contribution < -0.4 is 0 Å². The number of esters is 1. The molecule has 4 heteroatoms. The summed E-state index contributed by atoms with van der Waals surface area (Å²) < 4.78 is 5.62. The third-order valence-electron chi connectivity index (χ3n) is 6.01. The Labute approximate surface area is 166 Å². The lowest BCUT2D eigenvalue weighted by molar-refractivity contribution is 0.0331. The molecule has 2 aromatic rings. The van der Waals surface area contributed by atoms with Gasteiger partial charge in [-0.05, 0) is 59.4 Å². The van der Waals surface area contributed by atoms with Crippen LogP contribution in [0.25, 0.3) is 0 Å². The first-order valence-electron chi connectivity index (χ1n) is 9.71. The molecule has 0 radical (unpaired) electrons. The first kappa shape index (κ1) is 20.1. The van der Waals surface area contributed by atoms with Crippen molar-refractivity contribution in [3.63, 3.8) is 0 Å². The summed E-state index contributed by atoms with van der Waals surface area (Å²) in [5.41, 5.74) is 3.79. The van der Waals surface area contributed by atoms with Gasteiger partial charge in [0.2, 0.25) is 0 Å². The zero-order chi connectivity index (χ0) is 20.7. The molecule has 1 unspecified atom stereocenters. The monoisotopic (exact) mass is 380 g/mol. The van der Waals surface area contributed by atoms with Crippen molar-refractivity contribution >= 4 is 11.9 Å². The number of carboxylic acid groups (broad SMARTS) is 1. The summed E-state index contributed by atoms with van der Waals surface area (Å²) in [6, 6.07) is 12.4. The van der Waals surface area contributed by atoms with Crippen LogP contribution in [-0.4, -0.2) is 17.0 Å². The summed E-state index contributed by atoms with van der Waals surface area (Å²) >= 11 is 0. The number of rotatable bonds is 4. The highest BCUT2D eigenvalue weighted by molar-refractivity contribution is 6.02. The summed E-state index contributed by atoms with van der Waals surface area (Å²) in [6.45, 7) is 10.9. The minimum atomic E-state index is -1.14. The van der Waals surface area contributed by atoms with Crippen molar-refractivity contribution in [1.82, 2.24) is 0 Å². The molecule has 0 bridgehead atoms. The number of benzene rings is 2. The molecular weight excluding hydrogens is 352 g/mol. The fraction of sp³-hybridized carbons (Fsp3) is 0.417. The van der Waals surface area contributed by atoms with Crippen LogP contribution in [0.2, 0.25) is 0 Å². The van der Waals surface area contributed by atoms with E-state index in [9.17, 15) is 14.7 Å². The van der Waals surface area contributed by atoms with E-state index in [4.69, 9.17) is 4.74 Å². The number of carbonyl (C=O) groups is 2. The van der Waals surface area contributed by atoms with Crippen LogP contribution in [0.1, 0.15) is 91.0 Å². The molecule has 28 heavy (non-hydrogen) atoms. The van der Waals surface area contributed by atoms with E-state index in [0.29, 0.717) is 0 Å². The molecule has 0 heterocycles. The zero-order valence-electron chi connectivity index (χ0n) is 17.2. The van der Waals surface area contributed by atoms with E-state index in [1.165, 1.54) is 23.3 Å². The topological polar surface area (TPSA) is 63.6 Å². The second kappa shape index (κ2) is 7.08. The highest BCUT2D eigenvalue weighted by Crippen LogP contribution is 2.46. The van der Waals surface area contributed by atoms with E-state index in [0.717, 1.165) is 18.4 Å². The number of carboxylic acids is 1. The molecule has 3 rings (SSSR count). The van der Waals surface area contributed by atoms with Crippen LogP contribution in [0.5, 0.6) is 0 Å². The molecule has 0 aromatic heterocycles. The molecule has 1 N–H and O–H groups in total. The van der Waals surface area contributed by atoms with Crippen molar-refractivity contribution < 1.29 is 19.4 Å². The van der Waals surface area contributed by atoms with Gasteiger partial charge in [0.25, 0.3) is 0 Å². The maximum absolute atomic E-state index is 12.6. The van der Waals surface area contributed by atoms with Crippen molar-refractivity contribution in [2.24, 2.45) is 0 Å². The van der Waals surface area contributed by atoms with E-state index in [-0.39, 0.29) is 22.0 Å². The molecule has 148 valence electrons. The Hall–Kier alpha value is -2.62. The number of hydrogen-bond donors (Lipinski definition) is 1. The first-order valence-corrected chi connectivity index (χ1v) is 9.71. The van der Waals surface area contributed by atoms with Gasteiger partial charge in [-0.2, -0.15) is 0 Å². The van der Waals surface area contributed by atoms with E-state index in [2.05, 4.69) is 39.8 Å². The van der Waals surface area contributed by atoms with E-state index >= 15 is 0 Å². The fourth-order valence-corrected chi connectivity index (χ4v) is 4.00. The second-order valence-corrected chi connectivity index (χ2v) is 8.97. The molecule has 0 saturated carbocycles. The molecule has 2 aromatic carbocycles. The predicted molar refractivity (Wildman–Crippen MR) is 109 cm³/mol. The average molecular weight is 380 g/mol. The van der Waals surface area contributed by atoms with Gasteiger partial charge in [-0.25, -0.2) is 9.59 Å². The minimum absolute atomic E-state index is 0.0481. The highest BCUT2D eigenvalue weighted by Gasteiger charge is 2.37. The third-order valence-corrected chi connectivity index (χ3v) is 6.01. The quantitative estimate of drug-likeness (QED) is 0.696. The molecule has 0 saturated heterocycles. The number of carbonyl (C=O) groups excluding carboxylic acids is 1. The van der Waals surface area contributed by atoms with E-state index < -0.39 is 18.0 Å².